The third-order valence-electron chi connectivity index (χ3n) is 10.1. The van der Waals surface area contributed by atoms with E-state index in [2.05, 4.69) is 169 Å². The summed E-state index contributed by atoms with van der Waals surface area (Å²) in [5.41, 5.74) is 10.1. The molecule has 3 nitrogen and oxygen atoms in total. The van der Waals surface area contributed by atoms with Gasteiger partial charge in [-0.2, -0.15) is 0 Å². The van der Waals surface area contributed by atoms with Gasteiger partial charge in [0.05, 0.1) is 16.3 Å². The van der Waals surface area contributed by atoms with Crippen molar-refractivity contribution in [3.05, 3.63) is 196 Å². The van der Waals surface area contributed by atoms with E-state index in [0.717, 1.165) is 61.7 Å². The molecule has 7 aromatic carbocycles. The highest BCUT2D eigenvalue weighted by molar-refractivity contribution is 7.22. The molecule has 238 valence electrons. The van der Waals surface area contributed by atoms with E-state index in [1.807, 2.05) is 0 Å². The Labute approximate surface area is 294 Å². The molecule has 0 spiro atoms. The van der Waals surface area contributed by atoms with Crippen LogP contribution in [0.4, 0.5) is 5.69 Å². The molecule has 1 N–H and O–H groups in total. The smallest absolute Gasteiger partial charge is 0.146 e. The Morgan fingerprint density at radius 2 is 1.28 bits per heavy atom. The summed E-state index contributed by atoms with van der Waals surface area (Å²) >= 11 is 1.80. The van der Waals surface area contributed by atoms with Crippen LogP contribution in [-0.2, 0) is 6.42 Å². The molecule has 1 aliphatic rings. The van der Waals surface area contributed by atoms with Crippen LogP contribution in [0.2, 0.25) is 0 Å². The van der Waals surface area contributed by atoms with Crippen molar-refractivity contribution in [3.63, 3.8) is 0 Å². The van der Waals surface area contributed by atoms with Crippen molar-refractivity contribution in [2.75, 3.05) is 5.32 Å². The van der Waals surface area contributed by atoms with Gasteiger partial charge in [0.25, 0.3) is 0 Å². The number of benzene rings is 7. The van der Waals surface area contributed by atoms with Crippen LogP contribution >= 0.6 is 11.3 Å². The van der Waals surface area contributed by atoms with Gasteiger partial charge in [-0.15, -0.1) is 11.3 Å². The number of fused-ring (bicyclic) bond motifs is 8. The van der Waals surface area contributed by atoms with Crippen LogP contribution in [0.5, 0.6) is 0 Å². The highest BCUT2D eigenvalue weighted by Crippen LogP contribution is 2.46. The molecule has 10 rings (SSSR count). The van der Waals surface area contributed by atoms with Crippen molar-refractivity contribution in [1.82, 2.24) is 0 Å². The molecular weight excluding hydrogens is 629 g/mol. The van der Waals surface area contributed by atoms with Crippen LogP contribution < -0.4 is 5.32 Å². The summed E-state index contributed by atoms with van der Waals surface area (Å²) in [4.78, 5) is 6.66. The Bertz CT molecular complexity index is 2710. The van der Waals surface area contributed by atoms with Gasteiger partial charge in [0.2, 0.25) is 0 Å². The number of furan rings is 1. The van der Waals surface area contributed by atoms with Crippen LogP contribution in [0.25, 0.3) is 42.8 Å². The van der Waals surface area contributed by atoms with Crippen molar-refractivity contribution < 1.29 is 4.42 Å². The average Bonchev–Trinajstić information content (AvgIpc) is 3.75. The summed E-state index contributed by atoms with van der Waals surface area (Å²) in [6.07, 6.45) is 0.639. The monoisotopic (exact) mass is 660 g/mol. The number of nitrogens with one attached hydrogen (secondary N) is 1. The van der Waals surface area contributed by atoms with Crippen molar-refractivity contribution in [3.8, 4) is 0 Å². The van der Waals surface area contributed by atoms with Crippen LogP contribution in [-0.4, -0.2) is 5.71 Å². The van der Waals surface area contributed by atoms with Gasteiger partial charge in [0.1, 0.15) is 17.3 Å². The lowest BCUT2D eigenvalue weighted by Gasteiger charge is -2.25. The van der Waals surface area contributed by atoms with Gasteiger partial charge >= 0.3 is 0 Å². The molecule has 2 aromatic heterocycles. The topological polar surface area (TPSA) is 37.5 Å². The molecule has 50 heavy (non-hydrogen) atoms. The lowest BCUT2D eigenvalue weighted by Crippen LogP contribution is -2.19. The SMILES string of the molecule is c1ccc(CC(c2ccccc2)c2ccc3c(c2)oc2c4ccccc4c(C4N=C(c5ccccc5)c5sc6ccccc6c5N4)cc32)cc1. The maximum absolute atomic E-state index is 6.82. The molecule has 4 heteroatoms. The molecule has 3 heterocycles. The van der Waals surface area contributed by atoms with E-state index in [1.165, 1.54) is 31.7 Å². The van der Waals surface area contributed by atoms with E-state index in [-0.39, 0.29) is 12.1 Å². The molecule has 1 aliphatic heterocycles. The maximum Gasteiger partial charge on any atom is 0.146 e. The van der Waals surface area contributed by atoms with E-state index in [0.29, 0.717) is 0 Å². The third-order valence-corrected chi connectivity index (χ3v) is 11.3. The second-order valence-corrected chi connectivity index (χ2v) is 14.1. The molecule has 0 amide bonds. The number of aliphatic imine (C=N–C) groups is 1. The predicted octanol–water partition coefficient (Wildman–Crippen LogP) is 12.3. The van der Waals surface area contributed by atoms with Crippen LogP contribution in [0.1, 0.15) is 44.8 Å². The average molecular weight is 661 g/mol. The second kappa shape index (κ2) is 11.9. The molecule has 9 aromatic rings. The van der Waals surface area contributed by atoms with Gasteiger partial charge in [-0.1, -0.05) is 146 Å². The molecule has 2 atom stereocenters. The fraction of sp³-hybridized carbons (Fsp3) is 0.0652. The lowest BCUT2D eigenvalue weighted by molar-refractivity contribution is 0.670. The van der Waals surface area contributed by atoms with Gasteiger partial charge in [-0.3, -0.25) is 4.99 Å². The second-order valence-electron chi connectivity index (χ2n) is 13.1. The molecule has 0 bridgehead atoms. The Morgan fingerprint density at radius 3 is 2.08 bits per heavy atom. The van der Waals surface area contributed by atoms with E-state index in [9.17, 15) is 0 Å². The largest absolute Gasteiger partial charge is 0.455 e. The number of hydrogen-bond acceptors (Lipinski definition) is 4. The van der Waals surface area contributed by atoms with Gasteiger partial charge in [0, 0.05) is 43.3 Å². The molecule has 0 radical (unpaired) electrons. The first kappa shape index (κ1) is 29.0. The first-order valence-electron chi connectivity index (χ1n) is 17.2. The summed E-state index contributed by atoms with van der Waals surface area (Å²) in [5.74, 6) is 0.204. The van der Waals surface area contributed by atoms with Gasteiger partial charge in [-0.25, -0.2) is 0 Å². The summed E-state index contributed by atoms with van der Waals surface area (Å²) < 4.78 is 8.08. The predicted molar refractivity (Wildman–Crippen MR) is 210 cm³/mol. The summed E-state index contributed by atoms with van der Waals surface area (Å²) in [6, 6.07) is 58.5. The highest BCUT2D eigenvalue weighted by Gasteiger charge is 2.29. The minimum Gasteiger partial charge on any atom is -0.455 e. The van der Waals surface area contributed by atoms with E-state index >= 15 is 0 Å². The van der Waals surface area contributed by atoms with Gasteiger partial charge < -0.3 is 9.73 Å². The Kier molecular flexibility index (Phi) is 6.88. The molecule has 0 saturated carbocycles. The molecule has 2 unspecified atom stereocenters. The Hall–Kier alpha value is -5.97. The van der Waals surface area contributed by atoms with Crippen molar-refractivity contribution >= 4 is 65.5 Å². The number of thiophene rings is 1. The number of nitrogens with zero attached hydrogens (tertiary/aromatic N) is 1. The zero-order valence-corrected chi connectivity index (χ0v) is 28.0. The standard InChI is InChI=1S/C46H32N2OS/c1-4-14-29(15-5-1)26-37(30-16-6-2-7-17-30)32-24-25-34-38-28-39(33-20-10-11-21-35(33)44(38)49-40(34)27-32)46-47-42(31-18-8-3-9-19-31)45-43(48-46)36-22-12-13-23-41(36)50-45/h1-25,27-28,37,46,48H,26H2. The fourth-order valence-electron chi connectivity index (χ4n) is 7.71. The highest BCUT2D eigenvalue weighted by atomic mass is 32.1. The number of rotatable bonds is 6. The minimum atomic E-state index is -0.275. The summed E-state index contributed by atoms with van der Waals surface area (Å²) in [6.45, 7) is 0. The molecule has 0 fully saturated rings. The quantitative estimate of drug-likeness (QED) is 0.193. The number of anilines is 1. The first-order valence-corrected chi connectivity index (χ1v) is 18.0. The zero-order chi connectivity index (χ0) is 33.0. The van der Waals surface area contributed by atoms with E-state index in [4.69, 9.17) is 9.41 Å². The maximum atomic E-state index is 6.82. The third kappa shape index (κ3) is 4.83. The lowest BCUT2D eigenvalue weighted by atomic mass is 9.85. The van der Waals surface area contributed by atoms with Crippen LogP contribution in [0.15, 0.2) is 173 Å². The first-order chi connectivity index (χ1) is 24.8. The van der Waals surface area contributed by atoms with Gasteiger partial charge in [0.15, 0.2) is 0 Å². The van der Waals surface area contributed by atoms with Gasteiger partial charge in [-0.05, 0) is 46.7 Å². The van der Waals surface area contributed by atoms with Crippen LogP contribution in [0.3, 0.4) is 0 Å². The Morgan fingerprint density at radius 1 is 0.600 bits per heavy atom. The minimum absolute atomic E-state index is 0.204. The Balaban J connectivity index is 1.15. The number of hydrogen-bond donors (Lipinski definition) is 1. The summed E-state index contributed by atoms with van der Waals surface area (Å²) in [7, 11) is 0. The summed E-state index contributed by atoms with van der Waals surface area (Å²) in [5, 5.41) is 9.59. The normalized spacial score (nSPS) is 14.9. The fourth-order valence-corrected chi connectivity index (χ4v) is 8.89. The molecular formula is C46H32N2OS. The van der Waals surface area contributed by atoms with Crippen molar-refractivity contribution in [2.24, 2.45) is 4.99 Å². The van der Waals surface area contributed by atoms with Crippen LogP contribution in [0, 0.1) is 0 Å². The molecule has 0 aliphatic carbocycles. The van der Waals surface area contributed by atoms with E-state index < -0.39 is 0 Å². The molecule has 0 saturated heterocycles. The van der Waals surface area contributed by atoms with E-state index in [1.54, 1.807) is 11.3 Å². The van der Waals surface area contributed by atoms with Crippen molar-refractivity contribution in [2.45, 2.75) is 18.5 Å². The van der Waals surface area contributed by atoms with Crippen molar-refractivity contribution in [1.29, 1.82) is 0 Å². The zero-order valence-electron chi connectivity index (χ0n) is 27.2.